The number of fused-ring (bicyclic) bond motifs is 1. The molecular weight excluding hydrogens is 333 g/mol. The minimum Gasteiger partial charge on any atom is -0.324 e. The highest BCUT2D eigenvalue weighted by Gasteiger charge is 2.30. The van der Waals surface area contributed by atoms with Gasteiger partial charge in [0, 0.05) is 6.04 Å². The van der Waals surface area contributed by atoms with Crippen molar-refractivity contribution in [2.45, 2.75) is 31.6 Å². The highest BCUT2D eigenvalue weighted by molar-refractivity contribution is 7.87. The second kappa shape index (κ2) is 5.77. The van der Waals surface area contributed by atoms with E-state index in [0.717, 1.165) is 23.9 Å². The van der Waals surface area contributed by atoms with Crippen molar-refractivity contribution in [3.63, 3.8) is 0 Å². The lowest BCUT2D eigenvalue weighted by Crippen LogP contribution is -2.41. The number of halogens is 3. The molecule has 1 heterocycles. The summed E-state index contributed by atoms with van der Waals surface area (Å²) < 4.78 is 65.0. The Bertz CT molecular complexity index is 812. The van der Waals surface area contributed by atoms with E-state index in [9.17, 15) is 21.6 Å². The first-order valence-electron chi connectivity index (χ1n) is 7.02. The third-order valence-electron chi connectivity index (χ3n) is 3.46. The zero-order valence-electron chi connectivity index (χ0n) is 12.0. The zero-order valence-corrected chi connectivity index (χ0v) is 12.8. The minimum absolute atomic E-state index is 0.168. The molecule has 0 spiro atoms. The fraction of sp³-hybridized carbons (Fsp3) is 0.462. The van der Waals surface area contributed by atoms with E-state index in [4.69, 9.17) is 0 Å². The molecule has 1 aromatic carbocycles. The van der Waals surface area contributed by atoms with Gasteiger partial charge in [0.1, 0.15) is 12.4 Å². The Labute approximate surface area is 130 Å². The molecule has 0 amide bonds. The van der Waals surface area contributed by atoms with Gasteiger partial charge in [-0.05, 0) is 25.0 Å². The Morgan fingerprint density at radius 2 is 1.91 bits per heavy atom. The average Bonchev–Trinajstić information content (AvgIpc) is 3.23. The maximum absolute atomic E-state index is 12.1. The number of nitrogens with one attached hydrogen (secondary N) is 2. The van der Waals surface area contributed by atoms with Gasteiger partial charge in [-0.25, -0.2) is 4.98 Å². The lowest BCUT2D eigenvalue weighted by atomic mass is 10.3. The number of imidazole rings is 1. The number of aromatic nitrogens is 2. The van der Waals surface area contributed by atoms with Crippen LogP contribution in [0.5, 0.6) is 0 Å². The molecule has 1 aliphatic rings. The van der Waals surface area contributed by atoms with Crippen molar-refractivity contribution in [3.05, 3.63) is 30.1 Å². The number of hydrogen-bond donors (Lipinski definition) is 2. The van der Waals surface area contributed by atoms with Gasteiger partial charge in [-0.1, -0.05) is 12.1 Å². The fourth-order valence-corrected chi connectivity index (χ4v) is 3.12. The van der Waals surface area contributed by atoms with Crippen molar-refractivity contribution in [2.24, 2.45) is 0 Å². The first-order valence-corrected chi connectivity index (χ1v) is 8.50. The molecule has 0 atom stereocenters. The van der Waals surface area contributed by atoms with Crippen LogP contribution in [0.2, 0.25) is 0 Å². The van der Waals surface area contributed by atoms with E-state index < -0.39 is 22.9 Å². The topological polar surface area (TPSA) is 76.0 Å². The van der Waals surface area contributed by atoms with Crippen molar-refractivity contribution in [1.29, 1.82) is 0 Å². The molecular formula is C13H15F3N4O2S. The fourth-order valence-electron chi connectivity index (χ4n) is 2.35. The summed E-state index contributed by atoms with van der Waals surface area (Å²) in [5.74, 6) is 0.492. The standard InChI is InChI=1S/C13H15F3N4O2S/c14-13(15,16)8-18-23(21,22)17-7-12-19-10-3-1-2-4-11(10)20(12)9-5-6-9/h1-4,9,17-18H,5-8H2. The van der Waals surface area contributed by atoms with Crippen molar-refractivity contribution >= 4 is 21.2 Å². The van der Waals surface area contributed by atoms with Crippen LogP contribution >= 0.6 is 0 Å². The molecule has 0 bridgehead atoms. The summed E-state index contributed by atoms with van der Waals surface area (Å²) in [6, 6.07) is 7.66. The Hall–Kier alpha value is -1.65. The molecule has 126 valence electrons. The third kappa shape index (κ3) is 4.01. The summed E-state index contributed by atoms with van der Waals surface area (Å²) in [6.07, 6.45) is -2.64. The van der Waals surface area contributed by atoms with Gasteiger partial charge in [0.05, 0.1) is 17.6 Å². The molecule has 1 fully saturated rings. The molecule has 3 rings (SSSR count). The van der Waals surface area contributed by atoms with Crippen LogP contribution in [-0.2, 0) is 16.8 Å². The van der Waals surface area contributed by atoms with E-state index in [-0.39, 0.29) is 12.6 Å². The van der Waals surface area contributed by atoms with E-state index in [1.807, 2.05) is 28.8 Å². The van der Waals surface area contributed by atoms with Crippen molar-refractivity contribution in [1.82, 2.24) is 19.0 Å². The third-order valence-corrected chi connectivity index (χ3v) is 4.51. The molecule has 23 heavy (non-hydrogen) atoms. The quantitative estimate of drug-likeness (QED) is 0.837. The first-order chi connectivity index (χ1) is 10.8. The lowest BCUT2D eigenvalue weighted by Gasteiger charge is -2.11. The number of hydrogen-bond acceptors (Lipinski definition) is 3. The van der Waals surface area contributed by atoms with Crippen molar-refractivity contribution in [2.75, 3.05) is 6.54 Å². The normalized spacial score (nSPS) is 16.1. The van der Waals surface area contributed by atoms with Gasteiger partial charge in [0.2, 0.25) is 0 Å². The largest absolute Gasteiger partial charge is 0.402 e. The Morgan fingerprint density at radius 1 is 1.22 bits per heavy atom. The van der Waals surface area contributed by atoms with Crippen LogP contribution in [-0.4, -0.2) is 30.7 Å². The number of alkyl halides is 3. The van der Waals surface area contributed by atoms with Crippen LogP contribution in [0.1, 0.15) is 24.7 Å². The first kappa shape index (κ1) is 16.2. The van der Waals surface area contributed by atoms with Crippen molar-refractivity contribution in [3.8, 4) is 0 Å². The lowest BCUT2D eigenvalue weighted by molar-refractivity contribution is -0.121. The SMILES string of the molecule is O=S(=O)(NCc1nc2ccccc2n1C1CC1)NCC(F)(F)F. The van der Waals surface area contributed by atoms with Crippen LogP contribution in [0, 0.1) is 0 Å². The molecule has 0 saturated heterocycles. The summed E-state index contributed by atoms with van der Waals surface area (Å²) in [4.78, 5) is 4.37. The number of nitrogens with zero attached hydrogens (tertiary/aromatic N) is 2. The summed E-state index contributed by atoms with van der Waals surface area (Å²) in [7, 11) is -4.25. The van der Waals surface area contributed by atoms with E-state index in [0.29, 0.717) is 5.82 Å². The summed E-state index contributed by atoms with van der Waals surface area (Å²) >= 11 is 0. The Morgan fingerprint density at radius 3 is 2.57 bits per heavy atom. The zero-order chi connectivity index (χ0) is 16.7. The molecule has 2 aromatic rings. The van der Waals surface area contributed by atoms with Gasteiger partial charge in [-0.3, -0.25) is 0 Å². The van der Waals surface area contributed by atoms with Crippen LogP contribution in [0.3, 0.4) is 0 Å². The molecule has 0 unspecified atom stereocenters. The Balaban J connectivity index is 1.75. The summed E-state index contributed by atoms with van der Waals surface area (Å²) in [5, 5.41) is 0. The predicted octanol–water partition coefficient (Wildman–Crippen LogP) is 1.86. The number of rotatable bonds is 6. The maximum Gasteiger partial charge on any atom is 0.402 e. The molecule has 6 nitrogen and oxygen atoms in total. The molecule has 0 aliphatic heterocycles. The van der Waals surface area contributed by atoms with Gasteiger partial charge in [0.25, 0.3) is 10.2 Å². The second-order valence-corrected chi connectivity index (χ2v) is 6.96. The van der Waals surface area contributed by atoms with E-state index >= 15 is 0 Å². The van der Waals surface area contributed by atoms with Gasteiger partial charge in [-0.2, -0.15) is 31.0 Å². The van der Waals surface area contributed by atoms with Crippen LogP contribution in [0.25, 0.3) is 11.0 Å². The molecule has 1 aromatic heterocycles. The monoisotopic (exact) mass is 348 g/mol. The highest BCUT2D eigenvalue weighted by Crippen LogP contribution is 2.38. The minimum atomic E-state index is -4.60. The molecule has 0 radical (unpaired) electrons. The van der Waals surface area contributed by atoms with Crippen molar-refractivity contribution < 1.29 is 21.6 Å². The van der Waals surface area contributed by atoms with E-state index in [1.165, 1.54) is 4.72 Å². The van der Waals surface area contributed by atoms with Crippen LogP contribution in [0.4, 0.5) is 13.2 Å². The van der Waals surface area contributed by atoms with Gasteiger partial charge >= 0.3 is 6.18 Å². The Kier molecular flexibility index (Phi) is 4.07. The van der Waals surface area contributed by atoms with Gasteiger partial charge in [0.15, 0.2) is 0 Å². The average molecular weight is 348 g/mol. The molecule has 1 aliphatic carbocycles. The molecule has 2 N–H and O–H groups in total. The van der Waals surface area contributed by atoms with Gasteiger partial charge < -0.3 is 4.57 Å². The number of para-hydroxylation sites is 2. The van der Waals surface area contributed by atoms with E-state index in [2.05, 4.69) is 9.71 Å². The summed E-state index contributed by atoms with van der Waals surface area (Å²) in [5.41, 5.74) is 1.63. The number of benzene rings is 1. The second-order valence-electron chi connectivity index (χ2n) is 5.38. The smallest absolute Gasteiger partial charge is 0.324 e. The van der Waals surface area contributed by atoms with Crippen LogP contribution < -0.4 is 9.44 Å². The van der Waals surface area contributed by atoms with Gasteiger partial charge in [-0.15, -0.1) is 0 Å². The maximum atomic E-state index is 12.1. The van der Waals surface area contributed by atoms with E-state index in [1.54, 1.807) is 0 Å². The summed E-state index contributed by atoms with van der Waals surface area (Å²) in [6.45, 7) is -1.78. The molecule has 10 heteroatoms. The highest BCUT2D eigenvalue weighted by atomic mass is 32.2. The van der Waals surface area contributed by atoms with Crippen LogP contribution in [0.15, 0.2) is 24.3 Å². The predicted molar refractivity (Wildman–Crippen MR) is 77.8 cm³/mol. The molecule has 1 saturated carbocycles.